The van der Waals surface area contributed by atoms with E-state index in [-0.39, 0.29) is 5.82 Å². The summed E-state index contributed by atoms with van der Waals surface area (Å²) in [7, 11) is 0. The van der Waals surface area contributed by atoms with Crippen LogP contribution in [0, 0.1) is 5.82 Å². The van der Waals surface area contributed by atoms with Gasteiger partial charge in [0.15, 0.2) is 0 Å². The van der Waals surface area contributed by atoms with Gasteiger partial charge in [-0.2, -0.15) is 0 Å². The van der Waals surface area contributed by atoms with E-state index in [0.29, 0.717) is 0 Å². The number of benzene rings is 1. The molecule has 23 heavy (non-hydrogen) atoms. The number of anilines is 1. The SMILES string of the molecule is CCc1cnc(CCNc2ccc(-c3ccc(F)cc3)nn2)s1. The zero-order valence-corrected chi connectivity index (χ0v) is 13.6. The van der Waals surface area contributed by atoms with Gasteiger partial charge in [-0.1, -0.05) is 6.92 Å². The number of aryl methyl sites for hydroxylation is 1. The van der Waals surface area contributed by atoms with Gasteiger partial charge in [-0.05, 0) is 42.8 Å². The van der Waals surface area contributed by atoms with Gasteiger partial charge in [-0.15, -0.1) is 21.5 Å². The molecule has 1 N–H and O–H groups in total. The summed E-state index contributed by atoms with van der Waals surface area (Å²) in [4.78, 5) is 5.70. The maximum absolute atomic E-state index is 12.9. The van der Waals surface area contributed by atoms with Gasteiger partial charge in [-0.3, -0.25) is 0 Å². The van der Waals surface area contributed by atoms with Crippen LogP contribution >= 0.6 is 11.3 Å². The predicted octanol–water partition coefficient (Wildman–Crippen LogP) is 3.96. The summed E-state index contributed by atoms with van der Waals surface area (Å²) < 4.78 is 12.9. The molecule has 0 aliphatic carbocycles. The second-order valence-electron chi connectivity index (χ2n) is 5.06. The molecule has 2 heterocycles. The summed E-state index contributed by atoms with van der Waals surface area (Å²) in [5, 5.41) is 12.7. The summed E-state index contributed by atoms with van der Waals surface area (Å²) in [6.45, 7) is 2.90. The van der Waals surface area contributed by atoms with E-state index >= 15 is 0 Å². The van der Waals surface area contributed by atoms with Gasteiger partial charge in [0.1, 0.15) is 11.6 Å². The number of rotatable bonds is 6. The van der Waals surface area contributed by atoms with Gasteiger partial charge in [0.2, 0.25) is 0 Å². The standard InChI is InChI=1S/C17H17FN4S/c1-2-14-11-20-17(23-14)9-10-19-16-8-7-15(21-22-16)12-3-5-13(18)6-4-12/h3-8,11H,2,9-10H2,1H3,(H,19,22). The molecule has 0 spiro atoms. The summed E-state index contributed by atoms with van der Waals surface area (Å²) in [6, 6.07) is 9.98. The average Bonchev–Trinajstić information content (AvgIpc) is 3.04. The molecule has 4 nitrogen and oxygen atoms in total. The van der Waals surface area contributed by atoms with E-state index in [1.165, 1.54) is 17.0 Å². The summed E-state index contributed by atoms with van der Waals surface area (Å²) in [6.07, 6.45) is 3.84. The molecule has 0 unspecified atom stereocenters. The molecule has 3 rings (SSSR count). The molecule has 0 amide bonds. The highest BCUT2D eigenvalue weighted by molar-refractivity contribution is 7.11. The van der Waals surface area contributed by atoms with Crippen molar-refractivity contribution in [1.29, 1.82) is 0 Å². The minimum atomic E-state index is -0.256. The highest BCUT2D eigenvalue weighted by Gasteiger charge is 2.03. The Labute approximate surface area is 138 Å². The molecule has 0 saturated carbocycles. The first-order valence-electron chi connectivity index (χ1n) is 7.51. The van der Waals surface area contributed by atoms with Crippen LogP contribution < -0.4 is 5.32 Å². The van der Waals surface area contributed by atoms with Crippen LogP contribution in [0.4, 0.5) is 10.2 Å². The van der Waals surface area contributed by atoms with Gasteiger partial charge < -0.3 is 5.32 Å². The third kappa shape index (κ3) is 4.10. The van der Waals surface area contributed by atoms with Crippen molar-refractivity contribution >= 4 is 17.2 Å². The largest absolute Gasteiger partial charge is 0.368 e. The fourth-order valence-corrected chi connectivity index (χ4v) is 2.99. The lowest BCUT2D eigenvalue weighted by Crippen LogP contribution is -2.06. The van der Waals surface area contributed by atoms with Crippen molar-refractivity contribution < 1.29 is 4.39 Å². The second-order valence-corrected chi connectivity index (χ2v) is 6.26. The van der Waals surface area contributed by atoms with Gasteiger partial charge in [0.05, 0.1) is 10.7 Å². The molecule has 6 heteroatoms. The summed E-state index contributed by atoms with van der Waals surface area (Å²) >= 11 is 1.75. The Morgan fingerprint density at radius 1 is 1.09 bits per heavy atom. The van der Waals surface area contributed by atoms with Crippen molar-refractivity contribution in [2.75, 3.05) is 11.9 Å². The van der Waals surface area contributed by atoms with E-state index in [9.17, 15) is 4.39 Å². The summed E-state index contributed by atoms with van der Waals surface area (Å²) in [5.74, 6) is 0.469. The summed E-state index contributed by atoms with van der Waals surface area (Å²) in [5.41, 5.74) is 1.57. The Morgan fingerprint density at radius 3 is 2.57 bits per heavy atom. The number of nitrogens with zero attached hydrogens (tertiary/aromatic N) is 3. The van der Waals surface area contributed by atoms with Crippen LogP contribution in [0.1, 0.15) is 16.8 Å². The van der Waals surface area contributed by atoms with Crippen molar-refractivity contribution in [3.8, 4) is 11.3 Å². The van der Waals surface area contributed by atoms with Crippen molar-refractivity contribution in [2.45, 2.75) is 19.8 Å². The van der Waals surface area contributed by atoms with Crippen LogP contribution in [0.5, 0.6) is 0 Å². The predicted molar refractivity (Wildman–Crippen MR) is 91.1 cm³/mol. The molecule has 0 radical (unpaired) electrons. The zero-order chi connectivity index (χ0) is 16.1. The monoisotopic (exact) mass is 328 g/mol. The smallest absolute Gasteiger partial charge is 0.148 e. The number of aromatic nitrogens is 3. The number of hydrogen-bond donors (Lipinski definition) is 1. The van der Waals surface area contributed by atoms with Crippen molar-refractivity contribution in [1.82, 2.24) is 15.2 Å². The van der Waals surface area contributed by atoms with Crippen molar-refractivity contribution in [3.63, 3.8) is 0 Å². The maximum atomic E-state index is 12.9. The van der Waals surface area contributed by atoms with Crippen LogP contribution in [0.15, 0.2) is 42.6 Å². The van der Waals surface area contributed by atoms with Crippen molar-refractivity contribution in [3.05, 3.63) is 58.3 Å². The minimum Gasteiger partial charge on any atom is -0.368 e. The Bertz CT molecular complexity index is 753. The highest BCUT2D eigenvalue weighted by atomic mass is 32.1. The quantitative estimate of drug-likeness (QED) is 0.744. The van der Waals surface area contributed by atoms with Crippen LogP contribution in [0.25, 0.3) is 11.3 Å². The van der Waals surface area contributed by atoms with E-state index in [4.69, 9.17) is 0 Å². The highest BCUT2D eigenvalue weighted by Crippen LogP contribution is 2.18. The normalized spacial score (nSPS) is 10.7. The topological polar surface area (TPSA) is 50.7 Å². The molecule has 2 aromatic heterocycles. The molecule has 1 aromatic carbocycles. The fourth-order valence-electron chi connectivity index (χ4n) is 2.13. The van der Waals surface area contributed by atoms with E-state index in [1.807, 2.05) is 18.3 Å². The maximum Gasteiger partial charge on any atom is 0.148 e. The van der Waals surface area contributed by atoms with E-state index < -0.39 is 0 Å². The van der Waals surface area contributed by atoms with Gasteiger partial charge >= 0.3 is 0 Å². The Kier molecular flexibility index (Phi) is 4.92. The molecular weight excluding hydrogens is 311 g/mol. The first-order valence-corrected chi connectivity index (χ1v) is 8.33. The Hall–Kier alpha value is -2.34. The Balaban J connectivity index is 1.56. The molecule has 0 saturated heterocycles. The molecule has 3 aromatic rings. The van der Waals surface area contributed by atoms with Gasteiger partial charge in [0.25, 0.3) is 0 Å². The van der Waals surface area contributed by atoms with E-state index in [1.54, 1.807) is 23.5 Å². The zero-order valence-electron chi connectivity index (χ0n) is 12.8. The fraction of sp³-hybridized carbons (Fsp3) is 0.235. The molecule has 0 aliphatic heterocycles. The van der Waals surface area contributed by atoms with Crippen LogP contribution in [0.3, 0.4) is 0 Å². The van der Waals surface area contributed by atoms with Crippen LogP contribution in [0.2, 0.25) is 0 Å². The molecule has 118 valence electrons. The number of hydrogen-bond acceptors (Lipinski definition) is 5. The van der Waals surface area contributed by atoms with E-state index in [2.05, 4.69) is 27.4 Å². The lowest BCUT2D eigenvalue weighted by Gasteiger charge is -2.05. The first kappa shape index (κ1) is 15.6. The van der Waals surface area contributed by atoms with Crippen molar-refractivity contribution in [2.24, 2.45) is 0 Å². The van der Waals surface area contributed by atoms with Crippen LogP contribution in [-0.2, 0) is 12.8 Å². The van der Waals surface area contributed by atoms with Crippen LogP contribution in [-0.4, -0.2) is 21.7 Å². The minimum absolute atomic E-state index is 0.256. The average molecular weight is 328 g/mol. The lowest BCUT2D eigenvalue weighted by atomic mass is 10.1. The molecule has 0 aliphatic rings. The van der Waals surface area contributed by atoms with Gasteiger partial charge in [-0.25, -0.2) is 9.37 Å². The second kappa shape index (κ2) is 7.28. The number of thiazole rings is 1. The van der Waals surface area contributed by atoms with E-state index in [0.717, 1.165) is 41.5 Å². The number of nitrogens with one attached hydrogen (secondary N) is 1. The molecule has 0 bridgehead atoms. The molecule has 0 fully saturated rings. The number of halogens is 1. The third-order valence-electron chi connectivity index (χ3n) is 3.40. The first-order chi connectivity index (χ1) is 11.2. The molecular formula is C17H17FN4S. The third-order valence-corrected chi connectivity index (χ3v) is 4.60. The Morgan fingerprint density at radius 2 is 1.91 bits per heavy atom. The van der Waals surface area contributed by atoms with Gasteiger partial charge in [0, 0.05) is 29.6 Å². The lowest BCUT2D eigenvalue weighted by molar-refractivity contribution is 0.628. The molecule has 0 atom stereocenters.